The highest BCUT2D eigenvalue weighted by Gasteiger charge is 2.42. The molecule has 1 aliphatic carbocycles. The lowest BCUT2D eigenvalue weighted by molar-refractivity contribution is -0.401. The van der Waals surface area contributed by atoms with E-state index >= 15 is 0 Å². The predicted molar refractivity (Wildman–Crippen MR) is 163 cm³/mol. The van der Waals surface area contributed by atoms with Crippen LogP contribution >= 0.6 is 0 Å². The van der Waals surface area contributed by atoms with Crippen LogP contribution < -0.4 is 0 Å². The maximum atomic E-state index is 6.81. The Morgan fingerprint density at radius 2 is 1.28 bits per heavy atom. The number of para-hydroxylation sites is 1. The van der Waals surface area contributed by atoms with E-state index < -0.39 is 0 Å². The SMILES string of the molecule is C[N+]1=C(C=Cc2c3oc(-c4ccccc4)cc(-c4ccccc4)c-3c3ccccc23)C(C)(C)c2ccccc21. The second-order valence-electron chi connectivity index (χ2n) is 10.8. The fourth-order valence-electron chi connectivity index (χ4n) is 6.25. The molecule has 0 saturated carbocycles. The number of rotatable bonds is 4. The smallest absolute Gasteiger partial charge is 0.209 e. The van der Waals surface area contributed by atoms with Gasteiger partial charge in [0.25, 0.3) is 0 Å². The summed E-state index contributed by atoms with van der Waals surface area (Å²) in [5, 5.41) is 2.41. The number of allylic oxidation sites excluding steroid dienone is 1. The molecule has 39 heavy (non-hydrogen) atoms. The van der Waals surface area contributed by atoms with E-state index in [0.717, 1.165) is 28.2 Å². The minimum atomic E-state index is -0.0957. The van der Waals surface area contributed by atoms with Crippen LogP contribution in [0.5, 0.6) is 0 Å². The Bertz CT molecular complexity index is 1870. The zero-order valence-electron chi connectivity index (χ0n) is 22.5. The molecule has 0 unspecified atom stereocenters. The van der Waals surface area contributed by atoms with Crippen LogP contribution in [-0.2, 0) is 5.41 Å². The standard InChI is InChI=1S/C37H30NO/c1-37(2)31-20-12-13-21-32(31)38(3)34(37)23-22-29-27-18-10-11-19-28(27)35-30(25-14-6-4-7-15-25)24-33(39-36(29)35)26-16-8-5-9-17-26/h4-24H,1-3H3/q+1. The first-order chi connectivity index (χ1) is 19.0. The van der Waals surface area contributed by atoms with Gasteiger partial charge in [0.05, 0.1) is 5.41 Å². The molecule has 0 aromatic heterocycles. The van der Waals surface area contributed by atoms with Gasteiger partial charge in [-0.15, -0.1) is 0 Å². The highest BCUT2D eigenvalue weighted by molar-refractivity contribution is 6.14. The molecule has 3 aliphatic rings. The van der Waals surface area contributed by atoms with Crippen molar-refractivity contribution in [2.75, 3.05) is 7.05 Å². The molecule has 0 spiro atoms. The Morgan fingerprint density at radius 1 is 0.667 bits per heavy atom. The number of nitrogens with zero attached hydrogens (tertiary/aromatic N) is 1. The molecular weight excluding hydrogens is 474 g/mol. The molecule has 0 fully saturated rings. The van der Waals surface area contributed by atoms with Crippen molar-refractivity contribution in [2.24, 2.45) is 0 Å². The van der Waals surface area contributed by atoms with Gasteiger partial charge in [-0.05, 0) is 47.9 Å². The molecule has 2 heterocycles. The maximum absolute atomic E-state index is 6.81. The summed E-state index contributed by atoms with van der Waals surface area (Å²) in [6.07, 6.45) is 4.55. The average Bonchev–Trinajstić information content (AvgIpc) is 3.40. The van der Waals surface area contributed by atoms with E-state index in [1.165, 1.54) is 38.9 Å². The van der Waals surface area contributed by atoms with E-state index in [2.05, 4.69) is 147 Å². The highest BCUT2D eigenvalue weighted by atomic mass is 16.3. The first-order valence-electron chi connectivity index (χ1n) is 13.5. The van der Waals surface area contributed by atoms with Gasteiger partial charge in [-0.2, -0.15) is 4.58 Å². The second kappa shape index (κ2) is 8.96. The summed E-state index contributed by atoms with van der Waals surface area (Å²) >= 11 is 0. The minimum absolute atomic E-state index is 0.0957. The Balaban J connectivity index is 1.49. The van der Waals surface area contributed by atoms with Gasteiger partial charge in [-0.3, -0.25) is 0 Å². The van der Waals surface area contributed by atoms with Gasteiger partial charge in [-0.25, -0.2) is 0 Å². The van der Waals surface area contributed by atoms with Crippen molar-refractivity contribution in [3.63, 3.8) is 0 Å². The third-order valence-corrected chi connectivity index (χ3v) is 8.21. The number of hydrogen-bond donors (Lipinski definition) is 0. The molecule has 0 saturated heterocycles. The third-order valence-electron chi connectivity index (χ3n) is 8.21. The molecule has 0 radical (unpaired) electrons. The van der Waals surface area contributed by atoms with Gasteiger partial charge in [-0.1, -0.05) is 103 Å². The van der Waals surface area contributed by atoms with E-state index in [4.69, 9.17) is 4.42 Å². The van der Waals surface area contributed by atoms with E-state index in [1.54, 1.807) is 0 Å². The molecule has 4 aromatic rings. The fourth-order valence-corrected chi connectivity index (χ4v) is 6.25. The van der Waals surface area contributed by atoms with Crippen molar-refractivity contribution < 1.29 is 8.99 Å². The quantitative estimate of drug-likeness (QED) is 0.218. The first kappa shape index (κ1) is 23.4. The number of hydrogen-bond acceptors (Lipinski definition) is 1. The summed E-state index contributed by atoms with van der Waals surface area (Å²) in [5.41, 5.74) is 9.50. The van der Waals surface area contributed by atoms with Crippen molar-refractivity contribution in [3.05, 3.63) is 132 Å². The highest BCUT2D eigenvalue weighted by Crippen LogP contribution is 2.48. The van der Waals surface area contributed by atoms with Crippen LogP contribution in [0.25, 0.3) is 50.6 Å². The first-order valence-corrected chi connectivity index (χ1v) is 13.5. The Kier molecular flexibility index (Phi) is 5.38. The monoisotopic (exact) mass is 504 g/mol. The molecule has 0 N–H and O–H groups in total. The zero-order chi connectivity index (χ0) is 26.6. The topological polar surface area (TPSA) is 16.1 Å². The van der Waals surface area contributed by atoms with Crippen LogP contribution in [0.4, 0.5) is 5.69 Å². The van der Waals surface area contributed by atoms with Crippen LogP contribution in [0, 0.1) is 0 Å². The van der Waals surface area contributed by atoms with Crippen LogP contribution in [0.1, 0.15) is 25.0 Å². The number of benzene rings is 4. The molecule has 7 rings (SSSR count). The molecular formula is C37H30NO+. The third kappa shape index (κ3) is 3.67. The fraction of sp³-hybridized carbons (Fsp3) is 0.108. The van der Waals surface area contributed by atoms with Crippen LogP contribution in [0.15, 0.2) is 126 Å². The summed E-state index contributed by atoms with van der Waals surface area (Å²) in [6, 6.07) is 40.6. The van der Waals surface area contributed by atoms with Crippen molar-refractivity contribution in [1.29, 1.82) is 0 Å². The van der Waals surface area contributed by atoms with Crippen molar-refractivity contribution in [2.45, 2.75) is 19.3 Å². The van der Waals surface area contributed by atoms with Gasteiger partial charge >= 0.3 is 0 Å². The van der Waals surface area contributed by atoms with Crippen molar-refractivity contribution in [3.8, 4) is 33.8 Å². The molecule has 2 aliphatic heterocycles. The Labute approximate surface area is 229 Å². The van der Waals surface area contributed by atoms with Gasteiger partial charge in [0, 0.05) is 34.4 Å². The predicted octanol–water partition coefficient (Wildman–Crippen LogP) is 9.59. The van der Waals surface area contributed by atoms with Gasteiger partial charge < -0.3 is 4.42 Å². The van der Waals surface area contributed by atoms with E-state index in [0.29, 0.717) is 0 Å². The molecule has 0 atom stereocenters. The van der Waals surface area contributed by atoms with E-state index in [1.807, 2.05) is 6.07 Å². The van der Waals surface area contributed by atoms with Gasteiger partial charge in [0.15, 0.2) is 5.71 Å². The summed E-state index contributed by atoms with van der Waals surface area (Å²) in [6.45, 7) is 4.61. The Morgan fingerprint density at radius 3 is 2.00 bits per heavy atom. The lowest BCUT2D eigenvalue weighted by Crippen LogP contribution is -2.26. The average molecular weight is 505 g/mol. The van der Waals surface area contributed by atoms with Crippen molar-refractivity contribution >= 4 is 28.2 Å². The van der Waals surface area contributed by atoms with Crippen LogP contribution in [0.3, 0.4) is 0 Å². The number of fused-ring (bicyclic) bond motifs is 4. The van der Waals surface area contributed by atoms with Gasteiger partial charge in [0.1, 0.15) is 18.6 Å². The molecule has 0 bridgehead atoms. The molecule has 188 valence electrons. The zero-order valence-corrected chi connectivity index (χ0v) is 22.5. The minimum Gasteiger partial charge on any atom is -0.455 e. The van der Waals surface area contributed by atoms with E-state index in [9.17, 15) is 0 Å². The molecule has 0 amide bonds. The lowest BCUT2D eigenvalue weighted by Gasteiger charge is -2.15. The van der Waals surface area contributed by atoms with Gasteiger partial charge in [0.2, 0.25) is 5.69 Å². The molecule has 2 heteroatoms. The summed E-state index contributed by atoms with van der Waals surface area (Å²) in [5.74, 6) is 1.79. The maximum Gasteiger partial charge on any atom is 0.209 e. The molecule has 4 aromatic carbocycles. The van der Waals surface area contributed by atoms with Crippen LogP contribution in [-0.4, -0.2) is 17.3 Å². The summed E-state index contributed by atoms with van der Waals surface area (Å²) < 4.78 is 9.13. The largest absolute Gasteiger partial charge is 0.455 e. The lowest BCUT2D eigenvalue weighted by atomic mass is 9.81. The summed E-state index contributed by atoms with van der Waals surface area (Å²) in [4.78, 5) is 0. The Hall–Kier alpha value is -4.69. The van der Waals surface area contributed by atoms with Crippen molar-refractivity contribution in [1.82, 2.24) is 0 Å². The normalized spacial score (nSPS) is 14.5. The summed E-state index contributed by atoms with van der Waals surface area (Å²) in [7, 11) is 2.17. The van der Waals surface area contributed by atoms with Crippen LogP contribution in [0.2, 0.25) is 0 Å². The molecule has 2 nitrogen and oxygen atoms in total. The second-order valence-corrected chi connectivity index (χ2v) is 10.8. The van der Waals surface area contributed by atoms with E-state index in [-0.39, 0.29) is 5.41 Å².